The molecule has 0 aliphatic rings. The van der Waals surface area contributed by atoms with Gasteiger partial charge in [-0.05, 0) is 41.8 Å². The summed E-state index contributed by atoms with van der Waals surface area (Å²) in [6.07, 6.45) is 1.62. The highest BCUT2D eigenvalue weighted by molar-refractivity contribution is 7.94. The van der Waals surface area contributed by atoms with Crippen LogP contribution in [0.5, 0.6) is 5.75 Å². The number of nitrogens with zero attached hydrogens (tertiary/aromatic N) is 2. The number of benzene rings is 1. The van der Waals surface area contributed by atoms with Gasteiger partial charge in [0.2, 0.25) is 0 Å². The third kappa shape index (κ3) is 3.02. The summed E-state index contributed by atoms with van der Waals surface area (Å²) in [4.78, 5) is 3.18. The molecule has 0 spiro atoms. The summed E-state index contributed by atoms with van der Waals surface area (Å²) in [5.74, 6) is 0.435. The minimum atomic E-state index is -3.67. The Morgan fingerprint density at radius 1 is 1.19 bits per heavy atom. The van der Waals surface area contributed by atoms with E-state index >= 15 is 0 Å². The first-order valence-corrected chi connectivity index (χ1v) is 9.98. The van der Waals surface area contributed by atoms with Crippen molar-refractivity contribution in [3.05, 3.63) is 54.0 Å². The number of aromatic nitrogens is 3. The van der Waals surface area contributed by atoms with Gasteiger partial charge in [0.25, 0.3) is 10.0 Å². The van der Waals surface area contributed by atoms with Crippen LogP contribution in [0, 0.1) is 0 Å². The SMILES string of the molecule is COc1ccc(-c2cc3ccnnc3[nH]2)cc1NS(=O)(=O)c1cccs1. The number of fused-ring (bicyclic) bond motifs is 1. The lowest BCUT2D eigenvalue weighted by Gasteiger charge is -2.12. The van der Waals surface area contributed by atoms with Crippen LogP contribution in [0.1, 0.15) is 0 Å². The number of ether oxygens (including phenoxy) is 1. The smallest absolute Gasteiger partial charge is 0.271 e. The number of thiophene rings is 1. The lowest BCUT2D eigenvalue weighted by atomic mass is 10.1. The van der Waals surface area contributed by atoms with Crippen molar-refractivity contribution in [3.8, 4) is 17.0 Å². The van der Waals surface area contributed by atoms with Gasteiger partial charge in [-0.3, -0.25) is 4.72 Å². The van der Waals surface area contributed by atoms with E-state index < -0.39 is 10.0 Å². The predicted octanol–water partition coefficient (Wildman–Crippen LogP) is 3.50. The topological polar surface area (TPSA) is 97.0 Å². The highest BCUT2D eigenvalue weighted by Gasteiger charge is 2.18. The van der Waals surface area contributed by atoms with Gasteiger partial charge >= 0.3 is 0 Å². The standard InChI is InChI=1S/C17H14N4O3S2/c1-24-15-5-4-11(13-10-12-6-7-18-20-17(12)19-13)9-14(15)21-26(22,23)16-3-2-8-25-16/h2-10,21H,1H3,(H,19,20). The van der Waals surface area contributed by atoms with Crippen LogP contribution in [0.3, 0.4) is 0 Å². The summed E-state index contributed by atoms with van der Waals surface area (Å²) in [6.45, 7) is 0. The normalized spacial score (nSPS) is 11.6. The molecular formula is C17H14N4O3S2. The highest BCUT2D eigenvalue weighted by atomic mass is 32.2. The number of anilines is 1. The van der Waals surface area contributed by atoms with E-state index in [1.54, 1.807) is 35.8 Å². The van der Waals surface area contributed by atoms with Crippen LogP contribution in [0.4, 0.5) is 5.69 Å². The van der Waals surface area contributed by atoms with Crippen LogP contribution >= 0.6 is 11.3 Å². The average molecular weight is 386 g/mol. The maximum atomic E-state index is 12.5. The van der Waals surface area contributed by atoms with Gasteiger partial charge in [0.05, 0.1) is 19.0 Å². The van der Waals surface area contributed by atoms with Gasteiger partial charge in [-0.25, -0.2) is 8.42 Å². The molecule has 0 aliphatic carbocycles. The molecule has 7 nitrogen and oxygen atoms in total. The van der Waals surface area contributed by atoms with Crippen molar-refractivity contribution in [2.75, 3.05) is 11.8 Å². The van der Waals surface area contributed by atoms with Gasteiger partial charge in [-0.15, -0.1) is 16.4 Å². The molecule has 132 valence electrons. The fourth-order valence-electron chi connectivity index (χ4n) is 2.60. The number of hydrogen-bond donors (Lipinski definition) is 2. The lowest BCUT2D eigenvalue weighted by Crippen LogP contribution is -2.12. The zero-order valence-corrected chi connectivity index (χ0v) is 15.3. The molecule has 0 saturated heterocycles. The van der Waals surface area contributed by atoms with Crippen LogP contribution in [-0.2, 0) is 10.0 Å². The van der Waals surface area contributed by atoms with E-state index in [1.165, 1.54) is 7.11 Å². The van der Waals surface area contributed by atoms with E-state index in [0.717, 1.165) is 28.0 Å². The number of nitrogens with one attached hydrogen (secondary N) is 2. The van der Waals surface area contributed by atoms with E-state index in [1.807, 2.05) is 18.2 Å². The Bertz CT molecular complexity index is 1130. The maximum Gasteiger partial charge on any atom is 0.271 e. The molecule has 0 atom stereocenters. The molecule has 3 aromatic heterocycles. The highest BCUT2D eigenvalue weighted by Crippen LogP contribution is 2.33. The molecule has 9 heteroatoms. The predicted molar refractivity (Wildman–Crippen MR) is 101 cm³/mol. The van der Waals surface area contributed by atoms with Crippen LogP contribution in [0.25, 0.3) is 22.3 Å². The van der Waals surface area contributed by atoms with E-state index in [9.17, 15) is 8.42 Å². The third-order valence-electron chi connectivity index (χ3n) is 3.82. The first-order valence-electron chi connectivity index (χ1n) is 7.62. The number of sulfonamides is 1. The zero-order chi connectivity index (χ0) is 18.1. The summed E-state index contributed by atoms with van der Waals surface area (Å²) in [5.41, 5.74) is 2.63. The molecule has 0 bridgehead atoms. The minimum Gasteiger partial charge on any atom is -0.495 e. The van der Waals surface area contributed by atoms with Gasteiger partial charge in [-0.1, -0.05) is 6.07 Å². The molecule has 0 aliphatic heterocycles. The monoisotopic (exact) mass is 386 g/mol. The summed E-state index contributed by atoms with van der Waals surface area (Å²) >= 11 is 1.15. The second kappa shape index (κ2) is 6.43. The molecular weight excluding hydrogens is 372 g/mol. The van der Waals surface area contributed by atoms with E-state index in [4.69, 9.17) is 4.74 Å². The van der Waals surface area contributed by atoms with E-state index in [-0.39, 0.29) is 4.21 Å². The van der Waals surface area contributed by atoms with Crippen LogP contribution in [0.2, 0.25) is 0 Å². The van der Waals surface area contributed by atoms with Crippen molar-refractivity contribution in [2.45, 2.75) is 4.21 Å². The zero-order valence-electron chi connectivity index (χ0n) is 13.6. The second-order valence-electron chi connectivity index (χ2n) is 5.47. The Kier molecular flexibility index (Phi) is 4.09. The largest absolute Gasteiger partial charge is 0.495 e. The Morgan fingerprint density at radius 2 is 2.08 bits per heavy atom. The summed E-state index contributed by atoms with van der Waals surface area (Å²) < 4.78 is 33.2. The van der Waals surface area contributed by atoms with Crippen molar-refractivity contribution in [1.29, 1.82) is 0 Å². The number of H-pyrrole nitrogens is 1. The fraction of sp³-hybridized carbons (Fsp3) is 0.0588. The molecule has 0 saturated carbocycles. The molecule has 0 radical (unpaired) electrons. The van der Waals surface area contributed by atoms with E-state index in [0.29, 0.717) is 17.1 Å². The molecule has 3 heterocycles. The summed E-state index contributed by atoms with van der Waals surface area (Å²) in [6, 6.07) is 12.3. The molecule has 4 aromatic rings. The van der Waals surface area contributed by atoms with Crippen molar-refractivity contribution in [2.24, 2.45) is 0 Å². The first kappa shape index (κ1) is 16.6. The molecule has 0 fully saturated rings. The Balaban J connectivity index is 1.76. The van der Waals surface area contributed by atoms with Gasteiger partial charge in [-0.2, -0.15) is 5.10 Å². The van der Waals surface area contributed by atoms with E-state index in [2.05, 4.69) is 19.9 Å². The molecule has 26 heavy (non-hydrogen) atoms. The van der Waals surface area contributed by atoms with Crippen LogP contribution in [0.15, 0.2) is 58.3 Å². The Labute approximate surface area is 153 Å². The van der Waals surface area contributed by atoms with Gasteiger partial charge in [0.1, 0.15) is 9.96 Å². The third-order valence-corrected chi connectivity index (χ3v) is 6.58. The molecule has 0 amide bonds. The first-order chi connectivity index (χ1) is 12.6. The van der Waals surface area contributed by atoms with Gasteiger partial charge < -0.3 is 9.72 Å². The summed E-state index contributed by atoms with van der Waals surface area (Å²) in [5, 5.41) is 10.5. The van der Waals surface area contributed by atoms with Crippen molar-refractivity contribution < 1.29 is 13.2 Å². The van der Waals surface area contributed by atoms with Gasteiger partial charge in [0, 0.05) is 16.6 Å². The summed E-state index contributed by atoms with van der Waals surface area (Å²) in [7, 11) is -2.17. The second-order valence-corrected chi connectivity index (χ2v) is 8.33. The van der Waals surface area contributed by atoms with Crippen molar-refractivity contribution in [1.82, 2.24) is 15.2 Å². The molecule has 1 aromatic carbocycles. The maximum absolute atomic E-state index is 12.5. The van der Waals surface area contributed by atoms with Crippen LogP contribution in [-0.4, -0.2) is 30.7 Å². The van der Waals surface area contributed by atoms with Crippen LogP contribution < -0.4 is 9.46 Å². The number of aromatic amines is 1. The average Bonchev–Trinajstić information content (AvgIpc) is 3.31. The lowest BCUT2D eigenvalue weighted by molar-refractivity contribution is 0.417. The number of methoxy groups -OCH3 is 1. The quantitative estimate of drug-likeness (QED) is 0.547. The van der Waals surface area contributed by atoms with Gasteiger partial charge in [0.15, 0.2) is 5.65 Å². The molecule has 0 unspecified atom stereocenters. The number of hydrogen-bond acceptors (Lipinski definition) is 6. The Hall–Kier alpha value is -2.91. The Morgan fingerprint density at radius 3 is 2.81 bits per heavy atom. The number of rotatable bonds is 5. The minimum absolute atomic E-state index is 0.242. The van der Waals surface area contributed by atoms with Crippen molar-refractivity contribution >= 4 is 38.1 Å². The molecule has 2 N–H and O–H groups in total. The fourth-order valence-corrected chi connectivity index (χ4v) is 4.65. The van der Waals surface area contributed by atoms with Crippen molar-refractivity contribution in [3.63, 3.8) is 0 Å². The molecule has 4 rings (SSSR count).